The van der Waals surface area contributed by atoms with Crippen molar-refractivity contribution in [3.8, 4) is 0 Å². The van der Waals surface area contributed by atoms with Gasteiger partial charge < -0.3 is 15.2 Å². The van der Waals surface area contributed by atoms with Crippen LogP contribution in [0.1, 0.15) is 46.0 Å². The largest absolute Gasteiger partial charge is 0.391 e. The number of carbonyl (C=O) groups is 1. The number of aliphatic hydroxyl groups is 1. The molecular weight excluding hydrogens is 218 g/mol. The molecule has 4 nitrogen and oxygen atoms in total. The van der Waals surface area contributed by atoms with E-state index in [9.17, 15) is 9.90 Å². The Hall–Kier alpha value is -0.610. The summed E-state index contributed by atoms with van der Waals surface area (Å²) in [5, 5.41) is 12.3. The van der Waals surface area contributed by atoms with Crippen LogP contribution in [0.25, 0.3) is 0 Å². The SMILES string of the molecule is CCCCC(CC)C(=O)NCCC(O)COC. The summed E-state index contributed by atoms with van der Waals surface area (Å²) >= 11 is 0. The standard InChI is InChI=1S/C13H27NO3/c1-4-6-7-11(5-2)13(16)14-9-8-12(15)10-17-3/h11-12,15H,4-10H2,1-3H3,(H,14,16). The lowest BCUT2D eigenvalue weighted by molar-refractivity contribution is -0.125. The van der Waals surface area contributed by atoms with Crippen molar-refractivity contribution in [3.05, 3.63) is 0 Å². The Labute approximate surface area is 105 Å². The number of ether oxygens (including phenoxy) is 1. The van der Waals surface area contributed by atoms with Gasteiger partial charge in [-0.25, -0.2) is 0 Å². The van der Waals surface area contributed by atoms with Crippen LogP contribution in [0, 0.1) is 5.92 Å². The first kappa shape index (κ1) is 16.4. The minimum Gasteiger partial charge on any atom is -0.391 e. The van der Waals surface area contributed by atoms with Gasteiger partial charge in [-0.3, -0.25) is 4.79 Å². The molecule has 102 valence electrons. The highest BCUT2D eigenvalue weighted by molar-refractivity contribution is 5.78. The molecule has 0 spiro atoms. The number of carbonyl (C=O) groups excluding carboxylic acids is 1. The molecule has 0 aliphatic carbocycles. The Morgan fingerprint density at radius 2 is 2.06 bits per heavy atom. The summed E-state index contributed by atoms with van der Waals surface area (Å²) in [5.74, 6) is 0.236. The van der Waals surface area contributed by atoms with E-state index in [1.54, 1.807) is 7.11 Å². The third kappa shape index (κ3) is 8.16. The van der Waals surface area contributed by atoms with Crippen molar-refractivity contribution in [2.75, 3.05) is 20.3 Å². The van der Waals surface area contributed by atoms with Gasteiger partial charge in [0, 0.05) is 19.6 Å². The molecule has 0 radical (unpaired) electrons. The lowest BCUT2D eigenvalue weighted by Gasteiger charge is -2.15. The van der Waals surface area contributed by atoms with Crippen molar-refractivity contribution in [2.45, 2.75) is 52.1 Å². The zero-order valence-corrected chi connectivity index (χ0v) is 11.4. The van der Waals surface area contributed by atoms with E-state index in [0.29, 0.717) is 19.6 Å². The number of aliphatic hydroxyl groups excluding tert-OH is 1. The van der Waals surface area contributed by atoms with Crippen molar-refractivity contribution in [2.24, 2.45) is 5.92 Å². The molecule has 17 heavy (non-hydrogen) atoms. The van der Waals surface area contributed by atoms with Crippen LogP contribution in [-0.2, 0) is 9.53 Å². The molecule has 4 heteroatoms. The van der Waals surface area contributed by atoms with Crippen LogP contribution in [0.2, 0.25) is 0 Å². The van der Waals surface area contributed by atoms with Crippen LogP contribution in [0.15, 0.2) is 0 Å². The van der Waals surface area contributed by atoms with Crippen molar-refractivity contribution < 1.29 is 14.6 Å². The number of unbranched alkanes of at least 4 members (excludes halogenated alkanes) is 1. The number of amides is 1. The average molecular weight is 245 g/mol. The molecule has 2 N–H and O–H groups in total. The third-order valence-electron chi connectivity index (χ3n) is 2.91. The maximum atomic E-state index is 11.8. The highest BCUT2D eigenvalue weighted by atomic mass is 16.5. The van der Waals surface area contributed by atoms with E-state index in [4.69, 9.17) is 4.74 Å². The van der Waals surface area contributed by atoms with Crippen molar-refractivity contribution in [3.63, 3.8) is 0 Å². The second-order valence-electron chi connectivity index (χ2n) is 4.44. The molecule has 0 saturated carbocycles. The Bertz CT molecular complexity index is 197. The predicted octanol–water partition coefficient (Wildman–Crippen LogP) is 1.72. The summed E-state index contributed by atoms with van der Waals surface area (Å²) in [6.07, 6.45) is 4.11. The molecule has 0 rings (SSSR count). The molecule has 1 amide bonds. The summed E-state index contributed by atoms with van der Waals surface area (Å²) in [5.41, 5.74) is 0. The van der Waals surface area contributed by atoms with E-state index in [-0.39, 0.29) is 11.8 Å². The lowest BCUT2D eigenvalue weighted by atomic mass is 9.98. The van der Waals surface area contributed by atoms with Gasteiger partial charge in [-0.05, 0) is 19.3 Å². The minimum absolute atomic E-state index is 0.116. The fraction of sp³-hybridized carbons (Fsp3) is 0.923. The van der Waals surface area contributed by atoms with Crippen LogP contribution in [0.3, 0.4) is 0 Å². The molecule has 0 aromatic rings. The fourth-order valence-corrected chi connectivity index (χ4v) is 1.75. The normalized spacial score (nSPS) is 14.4. The molecule has 0 saturated heterocycles. The first-order valence-electron chi connectivity index (χ1n) is 6.60. The Kier molecular flexibility index (Phi) is 10.2. The summed E-state index contributed by atoms with van der Waals surface area (Å²) in [6.45, 7) is 5.01. The van der Waals surface area contributed by atoms with Gasteiger partial charge in [0.25, 0.3) is 0 Å². The molecular formula is C13H27NO3. The van der Waals surface area contributed by atoms with Gasteiger partial charge in [0.05, 0.1) is 12.7 Å². The van der Waals surface area contributed by atoms with E-state index in [0.717, 1.165) is 25.7 Å². The second kappa shape index (κ2) is 10.5. The van der Waals surface area contributed by atoms with Crippen LogP contribution >= 0.6 is 0 Å². The molecule has 0 fully saturated rings. The van der Waals surface area contributed by atoms with Crippen LogP contribution in [-0.4, -0.2) is 37.4 Å². The average Bonchev–Trinajstić information content (AvgIpc) is 2.30. The summed E-state index contributed by atoms with van der Waals surface area (Å²) < 4.78 is 4.82. The van der Waals surface area contributed by atoms with Crippen molar-refractivity contribution in [1.29, 1.82) is 0 Å². The van der Waals surface area contributed by atoms with Crippen molar-refractivity contribution in [1.82, 2.24) is 5.32 Å². The molecule has 0 aliphatic heterocycles. The summed E-state index contributed by atoms with van der Waals surface area (Å²) in [4.78, 5) is 11.8. The second-order valence-corrected chi connectivity index (χ2v) is 4.44. The van der Waals surface area contributed by atoms with Gasteiger partial charge in [0.1, 0.15) is 0 Å². The Balaban J connectivity index is 3.74. The highest BCUT2D eigenvalue weighted by Crippen LogP contribution is 2.12. The van der Waals surface area contributed by atoms with Crippen molar-refractivity contribution >= 4 is 5.91 Å². The Morgan fingerprint density at radius 1 is 1.35 bits per heavy atom. The molecule has 0 aliphatic rings. The van der Waals surface area contributed by atoms with Crippen LogP contribution in [0.5, 0.6) is 0 Å². The molecule has 0 bridgehead atoms. The van der Waals surface area contributed by atoms with E-state index in [1.165, 1.54) is 0 Å². The number of methoxy groups -OCH3 is 1. The third-order valence-corrected chi connectivity index (χ3v) is 2.91. The zero-order valence-electron chi connectivity index (χ0n) is 11.4. The van der Waals surface area contributed by atoms with E-state index in [1.807, 2.05) is 6.92 Å². The van der Waals surface area contributed by atoms with E-state index in [2.05, 4.69) is 12.2 Å². The first-order chi connectivity index (χ1) is 8.15. The molecule has 2 unspecified atom stereocenters. The number of hydrogen-bond donors (Lipinski definition) is 2. The fourth-order valence-electron chi connectivity index (χ4n) is 1.75. The van der Waals surface area contributed by atoms with E-state index < -0.39 is 6.10 Å². The topological polar surface area (TPSA) is 58.6 Å². The molecule has 0 aromatic carbocycles. The van der Waals surface area contributed by atoms with Crippen LogP contribution < -0.4 is 5.32 Å². The van der Waals surface area contributed by atoms with E-state index >= 15 is 0 Å². The minimum atomic E-state index is -0.490. The lowest BCUT2D eigenvalue weighted by Crippen LogP contribution is -2.33. The highest BCUT2D eigenvalue weighted by Gasteiger charge is 2.15. The van der Waals surface area contributed by atoms with Crippen LogP contribution in [0.4, 0.5) is 0 Å². The quantitative estimate of drug-likeness (QED) is 0.616. The van der Waals surface area contributed by atoms with Gasteiger partial charge in [-0.1, -0.05) is 26.7 Å². The van der Waals surface area contributed by atoms with Gasteiger partial charge in [0.2, 0.25) is 5.91 Å². The molecule has 0 aromatic heterocycles. The monoisotopic (exact) mass is 245 g/mol. The summed E-state index contributed by atoms with van der Waals surface area (Å²) in [6, 6.07) is 0. The van der Waals surface area contributed by atoms with Gasteiger partial charge in [0.15, 0.2) is 0 Å². The predicted molar refractivity (Wildman–Crippen MR) is 68.8 cm³/mol. The smallest absolute Gasteiger partial charge is 0.223 e. The Morgan fingerprint density at radius 3 is 2.59 bits per heavy atom. The summed E-state index contributed by atoms with van der Waals surface area (Å²) in [7, 11) is 1.56. The maximum Gasteiger partial charge on any atom is 0.223 e. The first-order valence-corrected chi connectivity index (χ1v) is 6.60. The van der Waals surface area contributed by atoms with Gasteiger partial charge in [-0.15, -0.1) is 0 Å². The zero-order chi connectivity index (χ0) is 13.1. The van der Waals surface area contributed by atoms with Gasteiger partial charge >= 0.3 is 0 Å². The number of nitrogens with one attached hydrogen (secondary N) is 1. The maximum absolute atomic E-state index is 11.8. The number of rotatable bonds is 10. The molecule has 0 heterocycles. The molecule has 2 atom stereocenters. The van der Waals surface area contributed by atoms with Gasteiger partial charge in [-0.2, -0.15) is 0 Å². The number of hydrogen-bond acceptors (Lipinski definition) is 3.